The number of nitrogens with zero attached hydrogens (tertiary/aromatic N) is 1. The van der Waals surface area contributed by atoms with Crippen LogP contribution >= 0.6 is 11.6 Å². The van der Waals surface area contributed by atoms with Gasteiger partial charge in [-0.25, -0.2) is 9.37 Å². The highest BCUT2D eigenvalue weighted by atomic mass is 35.5. The van der Waals surface area contributed by atoms with Gasteiger partial charge >= 0.3 is 0 Å². The van der Waals surface area contributed by atoms with Gasteiger partial charge < -0.3 is 19.2 Å². The van der Waals surface area contributed by atoms with Crippen molar-refractivity contribution in [3.05, 3.63) is 107 Å². The molecule has 4 aromatic carbocycles. The van der Waals surface area contributed by atoms with E-state index < -0.39 is 0 Å². The Kier molecular flexibility index (Phi) is 6.56. The Morgan fingerprint density at radius 1 is 1.00 bits per heavy atom. The van der Waals surface area contributed by atoms with Gasteiger partial charge in [0.05, 0.1) is 7.11 Å². The molecule has 5 rings (SSSR count). The zero-order valence-corrected chi connectivity index (χ0v) is 19.9. The molecule has 1 amide bonds. The van der Waals surface area contributed by atoms with Crippen molar-refractivity contribution in [2.75, 3.05) is 12.4 Å². The van der Waals surface area contributed by atoms with Crippen LogP contribution in [0.3, 0.4) is 0 Å². The molecule has 0 atom stereocenters. The molecule has 5 aromatic rings. The van der Waals surface area contributed by atoms with Crippen LogP contribution in [-0.4, -0.2) is 18.0 Å². The van der Waals surface area contributed by atoms with Crippen LogP contribution < -0.4 is 14.8 Å². The highest BCUT2D eigenvalue weighted by Gasteiger charge is 2.14. The largest absolute Gasteiger partial charge is 0.493 e. The lowest BCUT2D eigenvalue weighted by molar-refractivity contribution is 0.102. The second kappa shape index (κ2) is 10.1. The number of anilines is 1. The van der Waals surface area contributed by atoms with Crippen LogP contribution in [0.4, 0.5) is 10.1 Å². The zero-order valence-electron chi connectivity index (χ0n) is 19.1. The summed E-state index contributed by atoms with van der Waals surface area (Å²) in [5.74, 6) is 0.540. The van der Waals surface area contributed by atoms with E-state index in [-0.39, 0.29) is 11.7 Å². The molecule has 1 heterocycles. The van der Waals surface area contributed by atoms with Crippen LogP contribution in [0.15, 0.2) is 89.3 Å². The van der Waals surface area contributed by atoms with E-state index in [0.717, 1.165) is 5.56 Å². The summed E-state index contributed by atoms with van der Waals surface area (Å²) in [6.07, 6.45) is 0. The fraction of sp³-hybridized carbons (Fsp3) is 0.0714. The number of aromatic nitrogens is 1. The highest BCUT2D eigenvalue weighted by molar-refractivity contribution is 6.30. The van der Waals surface area contributed by atoms with Crippen molar-refractivity contribution in [2.24, 2.45) is 0 Å². The van der Waals surface area contributed by atoms with Crippen molar-refractivity contribution in [3.63, 3.8) is 0 Å². The molecule has 0 unspecified atom stereocenters. The van der Waals surface area contributed by atoms with Gasteiger partial charge in [-0.1, -0.05) is 29.8 Å². The van der Waals surface area contributed by atoms with E-state index >= 15 is 0 Å². The first kappa shape index (κ1) is 23.4. The first-order valence-electron chi connectivity index (χ1n) is 11.0. The molecule has 0 aliphatic rings. The smallest absolute Gasteiger partial charge is 0.255 e. The molecule has 0 bridgehead atoms. The summed E-state index contributed by atoms with van der Waals surface area (Å²) in [5.41, 5.74) is 3.47. The van der Waals surface area contributed by atoms with Crippen molar-refractivity contribution in [1.82, 2.24) is 4.98 Å². The fourth-order valence-corrected chi connectivity index (χ4v) is 3.75. The van der Waals surface area contributed by atoms with E-state index in [1.54, 1.807) is 60.7 Å². The minimum absolute atomic E-state index is 0.298. The number of methoxy groups -OCH3 is 1. The van der Waals surface area contributed by atoms with Crippen molar-refractivity contribution in [2.45, 2.75) is 6.61 Å². The zero-order chi connectivity index (χ0) is 25.1. The molecule has 0 aliphatic heterocycles. The number of hydrogen-bond donors (Lipinski definition) is 1. The Morgan fingerprint density at radius 3 is 2.61 bits per heavy atom. The van der Waals surface area contributed by atoms with E-state index in [1.165, 1.54) is 19.2 Å². The van der Waals surface area contributed by atoms with Crippen molar-refractivity contribution in [1.29, 1.82) is 0 Å². The molecule has 180 valence electrons. The minimum Gasteiger partial charge on any atom is -0.493 e. The average Bonchev–Trinajstić information content (AvgIpc) is 3.32. The molecule has 0 spiro atoms. The maximum Gasteiger partial charge on any atom is 0.255 e. The van der Waals surface area contributed by atoms with Crippen LogP contribution in [0.5, 0.6) is 11.5 Å². The van der Waals surface area contributed by atoms with Crippen LogP contribution in [0.2, 0.25) is 5.02 Å². The quantitative estimate of drug-likeness (QED) is 0.256. The maximum atomic E-state index is 13.6. The van der Waals surface area contributed by atoms with Crippen LogP contribution in [0.1, 0.15) is 15.9 Å². The number of hydrogen-bond acceptors (Lipinski definition) is 5. The summed E-state index contributed by atoms with van der Waals surface area (Å²) in [6, 6.07) is 23.4. The number of rotatable bonds is 7. The normalized spacial score (nSPS) is 10.9. The van der Waals surface area contributed by atoms with Crippen LogP contribution in [0.25, 0.3) is 22.6 Å². The third-order valence-corrected chi connectivity index (χ3v) is 5.70. The third kappa shape index (κ3) is 5.16. The molecule has 1 aromatic heterocycles. The fourth-order valence-electron chi connectivity index (χ4n) is 3.62. The predicted octanol–water partition coefficient (Wildman–Crippen LogP) is 7.13. The van der Waals surface area contributed by atoms with Crippen molar-refractivity contribution in [3.8, 4) is 23.0 Å². The summed E-state index contributed by atoms with van der Waals surface area (Å²) in [4.78, 5) is 17.3. The summed E-state index contributed by atoms with van der Waals surface area (Å²) < 4.78 is 30.6. The molecule has 0 radical (unpaired) electrons. The molecule has 1 N–H and O–H groups in total. The number of ether oxygens (including phenoxy) is 2. The molecule has 0 saturated heterocycles. The maximum absolute atomic E-state index is 13.6. The highest BCUT2D eigenvalue weighted by Crippen LogP contribution is 2.30. The number of carbonyl (C=O) groups excluding carboxylic acids is 1. The van der Waals surface area contributed by atoms with E-state index in [1.807, 2.05) is 12.1 Å². The molecular weight excluding hydrogens is 483 g/mol. The Labute approximate surface area is 211 Å². The standard InChI is InChI=1S/C28H20ClFN2O4/c1-34-26-14-18(7-11-25(26)35-16-17-5-8-20(29)9-6-17)27(33)31-22-10-12-24-23(15-22)32-28(36-24)19-3-2-4-21(30)13-19/h2-15H,16H2,1H3,(H,31,33). The second-order valence-corrected chi connectivity index (χ2v) is 8.38. The number of halogens is 2. The summed E-state index contributed by atoms with van der Waals surface area (Å²) in [7, 11) is 1.51. The summed E-state index contributed by atoms with van der Waals surface area (Å²) in [5, 5.41) is 3.51. The third-order valence-electron chi connectivity index (χ3n) is 5.45. The van der Waals surface area contributed by atoms with Crippen LogP contribution in [-0.2, 0) is 6.61 Å². The van der Waals surface area contributed by atoms with Gasteiger partial charge in [0.25, 0.3) is 5.91 Å². The van der Waals surface area contributed by atoms with Crippen molar-refractivity contribution >= 4 is 34.3 Å². The average molecular weight is 503 g/mol. The lowest BCUT2D eigenvalue weighted by Gasteiger charge is -2.12. The SMILES string of the molecule is COc1cc(C(=O)Nc2ccc3oc(-c4cccc(F)c4)nc3c2)ccc1OCc1ccc(Cl)cc1. The molecule has 6 nitrogen and oxygen atoms in total. The Hall–Kier alpha value is -4.36. The molecule has 0 fully saturated rings. The molecule has 8 heteroatoms. The van der Waals surface area contributed by atoms with Crippen molar-refractivity contribution < 1.29 is 23.1 Å². The monoisotopic (exact) mass is 502 g/mol. The van der Waals surface area contributed by atoms with Gasteiger partial charge in [-0.2, -0.15) is 0 Å². The summed E-state index contributed by atoms with van der Waals surface area (Å²) >= 11 is 5.92. The first-order valence-corrected chi connectivity index (χ1v) is 11.4. The minimum atomic E-state index is -0.375. The molecule has 0 aliphatic carbocycles. The topological polar surface area (TPSA) is 73.6 Å². The second-order valence-electron chi connectivity index (χ2n) is 7.95. The van der Waals surface area contributed by atoms with Gasteiger partial charge in [0.1, 0.15) is 17.9 Å². The molecule has 36 heavy (non-hydrogen) atoms. The van der Waals surface area contributed by atoms with Gasteiger partial charge in [-0.15, -0.1) is 0 Å². The Balaban J connectivity index is 1.30. The number of fused-ring (bicyclic) bond motifs is 1. The number of nitrogens with one attached hydrogen (secondary N) is 1. The lowest BCUT2D eigenvalue weighted by atomic mass is 10.1. The Bertz CT molecular complexity index is 1550. The number of carbonyl (C=O) groups is 1. The van der Waals surface area contributed by atoms with E-state index in [0.29, 0.717) is 56.9 Å². The predicted molar refractivity (Wildman–Crippen MR) is 136 cm³/mol. The lowest BCUT2D eigenvalue weighted by Crippen LogP contribution is -2.12. The summed E-state index contributed by atoms with van der Waals surface area (Å²) in [6.45, 7) is 0.328. The Morgan fingerprint density at radius 2 is 1.83 bits per heavy atom. The molecule has 0 saturated carbocycles. The molecular formula is C28H20ClFN2O4. The van der Waals surface area contributed by atoms with Gasteiger partial charge in [-0.3, -0.25) is 4.79 Å². The number of oxazole rings is 1. The van der Waals surface area contributed by atoms with Gasteiger partial charge in [0, 0.05) is 21.8 Å². The van der Waals surface area contributed by atoms with E-state index in [9.17, 15) is 9.18 Å². The van der Waals surface area contributed by atoms with E-state index in [2.05, 4.69) is 10.3 Å². The first-order chi connectivity index (χ1) is 17.5. The van der Waals surface area contributed by atoms with Gasteiger partial charge in [-0.05, 0) is 72.3 Å². The number of amides is 1. The van der Waals surface area contributed by atoms with E-state index in [4.69, 9.17) is 25.5 Å². The number of benzene rings is 4. The van der Waals surface area contributed by atoms with Crippen LogP contribution in [0, 0.1) is 5.82 Å². The van der Waals surface area contributed by atoms with Gasteiger partial charge in [0.2, 0.25) is 5.89 Å². The van der Waals surface area contributed by atoms with Gasteiger partial charge in [0.15, 0.2) is 17.1 Å².